The Balaban J connectivity index is 3.81. The lowest BCUT2D eigenvalue weighted by atomic mass is 10.4. The van der Waals surface area contributed by atoms with Gasteiger partial charge in [-0.15, -0.1) is 0 Å². The summed E-state index contributed by atoms with van der Waals surface area (Å²) in [5.41, 5.74) is 0. The van der Waals surface area contributed by atoms with Crippen LogP contribution in [0, 0.1) is 0 Å². The van der Waals surface area contributed by atoms with Crippen LogP contribution in [-0.2, 0) is 19.6 Å². The molecule has 6 heteroatoms. The molecule has 0 aromatic heterocycles. The molecule has 0 aromatic rings. The number of hydrogen-bond donors (Lipinski definition) is 1. The zero-order valence-corrected chi connectivity index (χ0v) is 9.39. The number of nitrogens with one attached hydrogen (secondary N) is 1. The van der Waals surface area contributed by atoms with E-state index in [1.165, 1.54) is 0 Å². The van der Waals surface area contributed by atoms with Crippen LogP contribution in [0.4, 0.5) is 0 Å². The molecular formula is C8H17NO4S. The summed E-state index contributed by atoms with van der Waals surface area (Å²) >= 11 is 0. The SMILES string of the molecule is CCCCS(=O)(=O)NCC(=O)OCC. The molecule has 0 heterocycles. The molecule has 0 unspecified atom stereocenters. The van der Waals surface area contributed by atoms with Crippen molar-refractivity contribution in [2.45, 2.75) is 26.7 Å². The molecule has 0 spiro atoms. The summed E-state index contributed by atoms with van der Waals surface area (Å²) in [6.45, 7) is 3.56. The van der Waals surface area contributed by atoms with E-state index >= 15 is 0 Å². The van der Waals surface area contributed by atoms with Crippen molar-refractivity contribution in [1.29, 1.82) is 0 Å². The van der Waals surface area contributed by atoms with E-state index in [0.717, 1.165) is 6.42 Å². The zero-order chi connectivity index (χ0) is 11.0. The summed E-state index contributed by atoms with van der Waals surface area (Å²) in [4.78, 5) is 10.8. The van der Waals surface area contributed by atoms with Gasteiger partial charge in [0.05, 0.1) is 12.4 Å². The van der Waals surface area contributed by atoms with Crippen molar-refractivity contribution in [2.24, 2.45) is 0 Å². The van der Waals surface area contributed by atoms with Crippen LogP contribution >= 0.6 is 0 Å². The highest BCUT2D eigenvalue weighted by atomic mass is 32.2. The molecule has 0 fully saturated rings. The van der Waals surface area contributed by atoms with E-state index in [4.69, 9.17) is 0 Å². The quantitative estimate of drug-likeness (QED) is 0.629. The minimum absolute atomic E-state index is 0.0584. The van der Waals surface area contributed by atoms with E-state index in [9.17, 15) is 13.2 Å². The fourth-order valence-electron chi connectivity index (χ4n) is 0.787. The minimum Gasteiger partial charge on any atom is -0.465 e. The Morgan fingerprint density at radius 3 is 2.50 bits per heavy atom. The predicted octanol–water partition coefficient (Wildman–Crippen LogP) is 0.269. The van der Waals surface area contributed by atoms with Gasteiger partial charge in [0.15, 0.2) is 0 Å². The largest absolute Gasteiger partial charge is 0.465 e. The van der Waals surface area contributed by atoms with Crippen molar-refractivity contribution in [1.82, 2.24) is 4.72 Å². The highest BCUT2D eigenvalue weighted by Gasteiger charge is 2.11. The third-order valence-corrected chi connectivity index (χ3v) is 2.92. The van der Waals surface area contributed by atoms with Crippen molar-refractivity contribution in [3.63, 3.8) is 0 Å². The van der Waals surface area contributed by atoms with Gasteiger partial charge in [0.25, 0.3) is 0 Å². The van der Waals surface area contributed by atoms with Gasteiger partial charge in [-0.3, -0.25) is 4.79 Å². The predicted molar refractivity (Wildman–Crippen MR) is 53.3 cm³/mol. The molecule has 0 saturated carbocycles. The van der Waals surface area contributed by atoms with Gasteiger partial charge in [0.2, 0.25) is 10.0 Å². The monoisotopic (exact) mass is 223 g/mol. The van der Waals surface area contributed by atoms with Gasteiger partial charge >= 0.3 is 5.97 Å². The van der Waals surface area contributed by atoms with Gasteiger partial charge in [0.1, 0.15) is 6.54 Å². The summed E-state index contributed by atoms with van der Waals surface area (Å²) in [7, 11) is -3.31. The Labute approximate surface area is 84.9 Å². The topological polar surface area (TPSA) is 72.5 Å². The first kappa shape index (κ1) is 13.4. The Hall–Kier alpha value is -0.620. The lowest BCUT2D eigenvalue weighted by Crippen LogP contribution is -2.32. The first-order valence-electron chi connectivity index (χ1n) is 4.64. The number of ether oxygens (including phenoxy) is 1. The molecule has 0 aliphatic carbocycles. The maximum Gasteiger partial charge on any atom is 0.320 e. The van der Waals surface area contributed by atoms with Crippen molar-refractivity contribution in [3.05, 3.63) is 0 Å². The number of hydrogen-bond acceptors (Lipinski definition) is 4. The lowest BCUT2D eigenvalue weighted by Gasteiger charge is -2.05. The minimum atomic E-state index is -3.31. The molecule has 0 aromatic carbocycles. The molecule has 0 atom stereocenters. The van der Waals surface area contributed by atoms with Crippen LogP contribution in [0.5, 0.6) is 0 Å². The molecule has 0 amide bonds. The van der Waals surface area contributed by atoms with Gasteiger partial charge < -0.3 is 4.74 Å². The third-order valence-electron chi connectivity index (χ3n) is 1.51. The summed E-state index contributed by atoms with van der Waals surface area (Å²) in [5.74, 6) is -0.490. The summed E-state index contributed by atoms with van der Waals surface area (Å²) in [6, 6.07) is 0. The molecule has 0 radical (unpaired) electrons. The van der Waals surface area contributed by atoms with Crippen LogP contribution in [-0.4, -0.2) is 33.3 Å². The number of carbonyl (C=O) groups excluding carboxylic acids is 1. The molecule has 14 heavy (non-hydrogen) atoms. The third kappa shape index (κ3) is 6.85. The summed E-state index contributed by atoms with van der Waals surface area (Å²) in [6.07, 6.45) is 1.40. The van der Waals surface area contributed by atoms with Gasteiger partial charge in [-0.1, -0.05) is 13.3 Å². The average molecular weight is 223 g/mol. The Morgan fingerprint density at radius 1 is 1.36 bits per heavy atom. The molecule has 0 saturated heterocycles. The molecule has 84 valence electrons. The second kappa shape index (κ2) is 6.78. The van der Waals surface area contributed by atoms with Gasteiger partial charge in [-0.2, -0.15) is 0 Å². The normalized spacial score (nSPS) is 11.3. The molecule has 1 N–H and O–H groups in total. The average Bonchev–Trinajstić information content (AvgIpc) is 2.13. The molecular weight excluding hydrogens is 206 g/mol. The number of carbonyl (C=O) groups is 1. The Bertz CT molecular complexity index is 261. The number of unbranched alkanes of at least 4 members (excludes halogenated alkanes) is 1. The number of sulfonamides is 1. The summed E-state index contributed by atoms with van der Waals surface area (Å²) in [5, 5.41) is 0. The van der Waals surface area contributed by atoms with Crippen LogP contribution in [0.2, 0.25) is 0 Å². The first-order chi connectivity index (χ1) is 6.52. The smallest absolute Gasteiger partial charge is 0.320 e. The van der Waals surface area contributed by atoms with Crippen molar-refractivity contribution >= 4 is 16.0 Å². The van der Waals surface area contributed by atoms with Crippen LogP contribution in [0.3, 0.4) is 0 Å². The van der Waals surface area contributed by atoms with E-state index in [1.54, 1.807) is 6.92 Å². The second-order valence-corrected chi connectivity index (χ2v) is 4.72. The zero-order valence-electron chi connectivity index (χ0n) is 8.58. The fraction of sp³-hybridized carbons (Fsp3) is 0.875. The molecule has 0 aliphatic rings. The van der Waals surface area contributed by atoms with Gasteiger partial charge in [-0.25, -0.2) is 13.1 Å². The van der Waals surface area contributed by atoms with Gasteiger partial charge in [0, 0.05) is 0 Å². The van der Waals surface area contributed by atoms with Crippen molar-refractivity contribution in [2.75, 3.05) is 18.9 Å². The molecule has 5 nitrogen and oxygen atoms in total. The van der Waals surface area contributed by atoms with Crippen LogP contribution in [0.15, 0.2) is 0 Å². The van der Waals surface area contributed by atoms with E-state index in [2.05, 4.69) is 9.46 Å². The molecule has 0 bridgehead atoms. The maximum atomic E-state index is 11.2. The first-order valence-corrected chi connectivity index (χ1v) is 6.30. The van der Waals surface area contributed by atoms with E-state index in [-0.39, 0.29) is 18.9 Å². The highest BCUT2D eigenvalue weighted by Crippen LogP contribution is 1.93. The Morgan fingerprint density at radius 2 is 2.00 bits per heavy atom. The number of rotatable bonds is 7. The van der Waals surface area contributed by atoms with Crippen molar-refractivity contribution in [3.8, 4) is 0 Å². The van der Waals surface area contributed by atoms with E-state index in [0.29, 0.717) is 6.42 Å². The maximum absolute atomic E-state index is 11.2. The van der Waals surface area contributed by atoms with Gasteiger partial charge in [-0.05, 0) is 13.3 Å². The second-order valence-electron chi connectivity index (χ2n) is 2.80. The molecule has 0 rings (SSSR count). The van der Waals surface area contributed by atoms with Crippen molar-refractivity contribution < 1.29 is 17.9 Å². The fourth-order valence-corrected chi connectivity index (χ4v) is 1.94. The van der Waals surface area contributed by atoms with E-state index in [1.807, 2.05) is 6.92 Å². The van der Waals surface area contributed by atoms with E-state index < -0.39 is 16.0 Å². The molecule has 0 aliphatic heterocycles. The Kier molecular flexibility index (Phi) is 6.48. The standard InChI is InChI=1S/C8H17NO4S/c1-3-5-6-14(11,12)9-7-8(10)13-4-2/h9H,3-7H2,1-2H3. The lowest BCUT2D eigenvalue weighted by molar-refractivity contribution is -0.141. The number of esters is 1. The van der Waals surface area contributed by atoms with Crippen LogP contribution in [0.1, 0.15) is 26.7 Å². The summed E-state index contributed by atoms with van der Waals surface area (Å²) < 4.78 is 29.1. The highest BCUT2D eigenvalue weighted by molar-refractivity contribution is 7.89. The van der Waals surface area contributed by atoms with Crippen LogP contribution in [0.25, 0.3) is 0 Å². The van der Waals surface area contributed by atoms with Crippen LogP contribution < -0.4 is 4.72 Å².